The average Bonchev–Trinajstić information content (AvgIpc) is 3.24. The van der Waals surface area contributed by atoms with Crippen LogP contribution in [0.25, 0.3) is 0 Å². The summed E-state index contributed by atoms with van der Waals surface area (Å²) in [6.07, 6.45) is 62.4. The van der Waals surface area contributed by atoms with Gasteiger partial charge in [0.1, 0.15) is 13.2 Å². The first-order valence-electron chi connectivity index (χ1n) is 24.3. The zero-order valence-electron chi connectivity index (χ0n) is 38.7. The zero-order valence-corrected chi connectivity index (χ0v) is 38.7. The number of allylic oxidation sites excluding steroid dienone is 16. The number of ether oxygens (including phenoxy) is 3. The third kappa shape index (κ3) is 45.4. The molecule has 0 aliphatic heterocycles. The third-order valence-electron chi connectivity index (χ3n) is 10.0. The molecule has 0 rings (SSSR count). The minimum Gasteiger partial charge on any atom is -0.462 e. The molecule has 6 nitrogen and oxygen atoms in total. The molecule has 0 aromatic heterocycles. The summed E-state index contributed by atoms with van der Waals surface area (Å²) in [5.41, 5.74) is 0. The van der Waals surface area contributed by atoms with E-state index in [4.69, 9.17) is 14.2 Å². The maximum atomic E-state index is 12.7. The number of carbonyl (C=O) groups excluding carboxylic acids is 3. The van der Waals surface area contributed by atoms with E-state index in [9.17, 15) is 14.4 Å². The minimum atomic E-state index is -0.797. The lowest BCUT2D eigenvalue weighted by molar-refractivity contribution is -0.167. The monoisotopic (exact) mass is 833 g/mol. The highest BCUT2D eigenvalue weighted by Gasteiger charge is 2.19. The second kappa shape index (κ2) is 48.0. The highest BCUT2D eigenvalue weighted by atomic mass is 16.6. The first-order valence-corrected chi connectivity index (χ1v) is 24.3. The lowest BCUT2D eigenvalue weighted by Gasteiger charge is -2.18. The van der Waals surface area contributed by atoms with E-state index in [1.165, 1.54) is 83.5 Å². The van der Waals surface area contributed by atoms with Crippen LogP contribution in [-0.4, -0.2) is 37.2 Å². The smallest absolute Gasteiger partial charge is 0.306 e. The Morgan fingerprint density at radius 3 is 1.13 bits per heavy atom. The summed E-state index contributed by atoms with van der Waals surface area (Å²) in [5, 5.41) is 0. The summed E-state index contributed by atoms with van der Waals surface area (Å²) in [6.45, 7) is 6.38. The molecule has 0 saturated heterocycles. The van der Waals surface area contributed by atoms with Gasteiger partial charge >= 0.3 is 17.9 Å². The van der Waals surface area contributed by atoms with E-state index in [2.05, 4.69) is 45.1 Å². The van der Waals surface area contributed by atoms with Crippen molar-refractivity contribution in [3.05, 3.63) is 97.2 Å². The Hall–Kier alpha value is -3.67. The standard InChI is InChI=1S/C54H88O6/c1-4-7-10-13-16-19-22-24-25-26-27-28-29-30-33-35-38-41-44-47-53(56)59-50-51(49-58-52(55)46-43-40-37-34-31-21-18-15-12-9-6-3)60-54(57)48-45-42-39-36-32-23-20-17-14-11-8-5-2/h7,10,13,15-16,18-19,22,24-30,33,51H,4-6,8-9,11-12,14,17,20-21,23,31-32,34-50H2,1-3H3/b10-7-,16-13-,18-15-,22-19-,25-24-,27-26+,29-28-,33-30-. The van der Waals surface area contributed by atoms with Gasteiger partial charge in [0.15, 0.2) is 6.10 Å². The van der Waals surface area contributed by atoms with Gasteiger partial charge in [0.2, 0.25) is 0 Å². The van der Waals surface area contributed by atoms with Crippen molar-refractivity contribution in [2.45, 2.75) is 213 Å². The second-order valence-corrected chi connectivity index (χ2v) is 15.8. The molecule has 1 atom stereocenters. The Kier molecular flexibility index (Phi) is 45.1. The van der Waals surface area contributed by atoms with E-state index >= 15 is 0 Å². The summed E-state index contributed by atoms with van der Waals surface area (Å²) in [4.78, 5) is 37.8. The predicted molar refractivity (Wildman–Crippen MR) is 256 cm³/mol. The molecule has 60 heavy (non-hydrogen) atoms. The number of hydrogen-bond acceptors (Lipinski definition) is 6. The average molecular weight is 833 g/mol. The molecular weight excluding hydrogens is 745 g/mol. The molecule has 1 unspecified atom stereocenters. The van der Waals surface area contributed by atoms with Crippen LogP contribution in [0.2, 0.25) is 0 Å². The van der Waals surface area contributed by atoms with E-state index in [1.807, 2.05) is 72.9 Å². The third-order valence-corrected chi connectivity index (χ3v) is 10.0. The van der Waals surface area contributed by atoms with Crippen molar-refractivity contribution in [2.24, 2.45) is 0 Å². The van der Waals surface area contributed by atoms with Crippen molar-refractivity contribution >= 4 is 17.9 Å². The normalized spacial score (nSPS) is 12.9. The van der Waals surface area contributed by atoms with Gasteiger partial charge in [-0.3, -0.25) is 14.4 Å². The van der Waals surface area contributed by atoms with Crippen LogP contribution >= 0.6 is 0 Å². The number of hydrogen-bond donors (Lipinski definition) is 0. The Morgan fingerprint density at radius 2 is 0.683 bits per heavy atom. The van der Waals surface area contributed by atoms with E-state index in [1.54, 1.807) is 0 Å². The molecule has 0 aromatic carbocycles. The quantitative estimate of drug-likeness (QED) is 0.0200. The molecule has 0 radical (unpaired) electrons. The van der Waals surface area contributed by atoms with E-state index in [0.29, 0.717) is 19.3 Å². The van der Waals surface area contributed by atoms with Gasteiger partial charge in [-0.2, -0.15) is 0 Å². The molecule has 0 amide bonds. The first-order chi connectivity index (χ1) is 29.5. The van der Waals surface area contributed by atoms with Crippen LogP contribution in [0.1, 0.15) is 207 Å². The lowest BCUT2D eigenvalue weighted by atomic mass is 10.0. The first kappa shape index (κ1) is 56.3. The van der Waals surface area contributed by atoms with Gasteiger partial charge in [-0.1, -0.05) is 227 Å². The molecular formula is C54H88O6. The van der Waals surface area contributed by atoms with Crippen molar-refractivity contribution in [1.82, 2.24) is 0 Å². The molecule has 0 aliphatic rings. The molecule has 6 heteroatoms. The van der Waals surface area contributed by atoms with Crippen LogP contribution in [0.15, 0.2) is 97.2 Å². The Bertz CT molecular complexity index is 1230. The van der Waals surface area contributed by atoms with Gasteiger partial charge in [-0.25, -0.2) is 0 Å². The van der Waals surface area contributed by atoms with Crippen molar-refractivity contribution in [3.63, 3.8) is 0 Å². The van der Waals surface area contributed by atoms with E-state index in [0.717, 1.165) is 83.5 Å². The Labute approximate surface area is 368 Å². The summed E-state index contributed by atoms with van der Waals surface area (Å²) in [7, 11) is 0. The second-order valence-electron chi connectivity index (χ2n) is 15.8. The molecule has 0 spiro atoms. The zero-order chi connectivity index (χ0) is 43.7. The van der Waals surface area contributed by atoms with Crippen LogP contribution in [0.3, 0.4) is 0 Å². The fraction of sp³-hybridized carbons (Fsp3) is 0.648. The van der Waals surface area contributed by atoms with E-state index in [-0.39, 0.29) is 31.1 Å². The SMILES string of the molecule is CC\C=C/C=C\C=C/C=C\C=C\C=C/C=C\CCCCCC(=O)OCC(COC(=O)CCCCCCC/C=C\CCCC)OC(=O)CCCCCCCCCCCCCC. The lowest BCUT2D eigenvalue weighted by Crippen LogP contribution is -2.30. The van der Waals surface area contributed by atoms with Crippen LogP contribution < -0.4 is 0 Å². The van der Waals surface area contributed by atoms with Crippen LogP contribution in [0.5, 0.6) is 0 Å². The number of carbonyl (C=O) groups is 3. The molecule has 0 heterocycles. The highest BCUT2D eigenvalue weighted by molar-refractivity contribution is 5.71. The van der Waals surface area contributed by atoms with Gasteiger partial charge in [0.25, 0.3) is 0 Å². The largest absolute Gasteiger partial charge is 0.462 e. The molecule has 0 saturated carbocycles. The van der Waals surface area contributed by atoms with Crippen molar-refractivity contribution in [1.29, 1.82) is 0 Å². The van der Waals surface area contributed by atoms with Gasteiger partial charge in [0.05, 0.1) is 0 Å². The fourth-order valence-corrected chi connectivity index (χ4v) is 6.35. The summed E-state index contributed by atoms with van der Waals surface area (Å²) in [5.74, 6) is -0.957. The fourth-order valence-electron chi connectivity index (χ4n) is 6.35. The van der Waals surface area contributed by atoms with Gasteiger partial charge < -0.3 is 14.2 Å². The van der Waals surface area contributed by atoms with Gasteiger partial charge in [0, 0.05) is 19.3 Å². The molecule has 0 fully saturated rings. The molecule has 0 bridgehead atoms. The molecule has 340 valence electrons. The summed E-state index contributed by atoms with van der Waals surface area (Å²) in [6, 6.07) is 0. The molecule has 0 aromatic rings. The maximum Gasteiger partial charge on any atom is 0.306 e. The van der Waals surface area contributed by atoms with Gasteiger partial charge in [-0.05, 0) is 57.8 Å². The number of esters is 3. The highest BCUT2D eigenvalue weighted by Crippen LogP contribution is 2.14. The van der Waals surface area contributed by atoms with Crippen LogP contribution in [0.4, 0.5) is 0 Å². The van der Waals surface area contributed by atoms with Crippen molar-refractivity contribution in [2.75, 3.05) is 13.2 Å². The Morgan fingerprint density at radius 1 is 0.350 bits per heavy atom. The molecule has 0 N–H and O–H groups in total. The Balaban J connectivity index is 4.49. The molecule has 0 aliphatic carbocycles. The number of rotatable bonds is 42. The summed E-state index contributed by atoms with van der Waals surface area (Å²) >= 11 is 0. The van der Waals surface area contributed by atoms with E-state index < -0.39 is 6.10 Å². The minimum absolute atomic E-state index is 0.0967. The predicted octanol–water partition coefficient (Wildman–Crippen LogP) is 15.8. The van der Waals surface area contributed by atoms with Crippen molar-refractivity contribution < 1.29 is 28.6 Å². The maximum absolute atomic E-state index is 12.7. The van der Waals surface area contributed by atoms with Crippen LogP contribution in [0, 0.1) is 0 Å². The van der Waals surface area contributed by atoms with Crippen molar-refractivity contribution in [3.8, 4) is 0 Å². The summed E-state index contributed by atoms with van der Waals surface area (Å²) < 4.78 is 16.7. The van der Waals surface area contributed by atoms with Gasteiger partial charge in [-0.15, -0.1) is 0 Å². The topological polar surface area (TPSA) is 78.9 Å². The van der Waals surface area contributed by atoms with Crippen LogP contribution in [-0.2, 0) is 28.6 Å². The number of unbranched alkanes of at least 4 members (excludes halogenated alkanes) is 21.